The van der Waals surface area contributed by atoms with E-state index < -0.39 is 6.04 Å². The van der Waals surface area contributed by atoms with Crippen LogP contribution in [0.15, 0.2) is 42.5 Å². The molecule has 1 aliphatic carbocycles. The topological polar surface area (TPSA) is 68.3 Å². The Kier molecular flexibility index (Phi) is 10.5. The first kappa shape index (κ1) is 28.8. The van der Waals surface area contributed by atoms with Crippen molar-refractivity contribution in [3.63, 3.8) is 0 Å². The molecule has 0 aromatic heterocycles. The van der Waals surface area contributed by atoms with E-state index in [0.717, 1.165) is 49.0 Å². The van der Waals surface area contributed by atoms with Gasteiger partial charge in [-0.05, 0) is 61.1 Å². The Morgan fingerprint density at radius 2 is 1.62 bits per heavy atom. The molecular weight excluding hydrogens is 492 g/mol. The Bertz CT molecular complexity index is 1080. The number of methoxy groups -OCH3 is 2. The number of ether oxygens (including phenoxy) is 3. The smallest absolute Gasteiger partial charge is 0.250 e. The van der Waals surface area contributed by atoms with Crippen molar-refractivity contribution in [3.8, 4) is 17.2 Å². The highest BCUT2D eigenvalue weighted by Gasteiger charge is 2.42. The Morgan fingerprint density at radius 1 is 0.872 bits per heavy atom. The summed E-state index contributed by atoms with van der Waals surface area (Å²) in [6, 6.07) is 13.1. The predicted molar refractivity (Wildman–Crippen MR) is 152 cm³/mol. The number of hydrogen-bond acceptors (Lipinski definition) is 5. The molecule has 0 bridgehead atoms. The summed E-state index contributed by atoms with van der Waals surface area (Å²) >= 11 is 0. The van der Waals surface area contributed by atoms with Crippen molar-refractivity contribution >= 4 is 11.8 Å². The minimum absolute atomic E-state index is 0.00176. The highest BCUT2D eigenvalue weighted by molar-refractivity contribution is 5.95. The van der Waals surface area contributed by atoms with Gasteiger partial charge < -0.3 is 24.0 Å². The van der Waals surface area contributed by atoms with Crippen molar-refractivity contribution in [1.29, 1.82) is 0 Å². The summed E-state index contributed by atoms with van der Waals surface area (Å²) in [6.45, 7) is 3.49. The Morgan fingerprint density at radius 3 is 2.31 bits per heavy atom. The molecule has 7 nitrogen and oxygen atoms in total. The van der Waals surface area contributed by atoms with E-state index in [9.17, 15) is 9.59 Å². The molecule has 2 aromatic carbocycles. The molecule has 0 radical (unpaired) electrons. The SMILES string of the molecule is CCCCCCOc1ccc([C@@H]2C(=O)N(C3CCCCC3)CC(=O)N2CCc2ccc(OC)c(OC)c2)cc1. The summed E-state index contributed by atoms with van der Waals surface area (Å²) in [5.74, 6) is 2.15. The fourth-order valence-corrected chi connectivity index (χ4v) is 5.78. The van der Waals surface area contributed by atoms with Gasteiger partial charge in [-0.25, -0.2) is 0 Å². The fourth-order valence-electron chi connectivity index (χ4n) is 5.78. The van der Waals surface area contributed by atoms with Gasteiger partial charge in [0.15, 0.2) is 11.5 Å². The largest absolute Gasteiger partial charge is 0.494 e. The van der Waals surface area contributed by atoms with Crippen LogP contribution >= 0.6 is 0 Å². The van der Waals surface area contributed by atoms with E-state index in [2.05, 4.69) is 6.92 Å². The number of hydrogen-bond donors (Lipinski definition) is 0. The molecule has 2 aliphatic rings. The zero-order chi connectivity index (χ0) is 27.6. The van der Waals surface area contributed by atoms with Crippen LogP contribution in [-0.2, 0) is 16.0 Å². The number of unbranched alkanes of at least 4 members (excludes halogenated alkanes) is 3. The lowest BCUT2D eigenvalue weighted by atomic mass is 9.91. The molecule has 2 aromatic rings. The van der Waals surface area contributed by atoms with Crippen LogP contribution in [0, 0.1) is 0 Å². The van der Waals surface area contributed by atoms with E-state index in [-0.39, 0.29) is 24.4 Å². The zero-order valence-corrected chi connectivity index (χ0v) is 23.8. The summed E-state index contributed by atoms with van der Waals surface area (Å²) in [5, 5.41) is 0. The normalized spacial score (nSPS) is 18.4. The molecule has 212 valence electrons. The molecule has 1 saturated heterocycles. The van der Waals surface area contributed by atoms with E-state index in [4.69, 9.17) is 14.2 Å². The molecule has 4 rings (SSSR count). The highest BCUT2D eigenvalue weighted by Crippen LogP contribution is 2.34. The third-order valence-corrected chi connectivity index (χ3v) is 8.02. The maximum atomic E-state index is 14.0. The van der Waals surface area contributed by atoms with Crippen LogP contribution in [-0.4, -0.2) is 61.6 Å². The molecule has 0 N–H and O–H groups in total. The third-order valence-electron chi connectivity index (χ3n) is 8.02. The maximum absolute atomic E-state index is 14.0. The first-order valence-corrected chi connectivity index (χ1v) is 14.6. The van der Waals surface area contributed by atoms with Crippen molar-refractivity contribution in [2.75, 3.05) is 33.9 Å². The lowest BCUT2D eigenvalue weighted by Crippen LogP contribution is -2.58. The van der Waals surface area contributed by atoms with Gasteiger partial charge in [0, 0.05) is 12.6 Å². The third kappa shape index (κ3) is 7.25. The van der Waals surface area contributed by atoms with E-state index >= 15 is 0 Å². The summed E-state index contributed by atoms with van der Waals surface area (Å²) in [4.78, 5) is 31.2. The quantitative estimate of drug-likeness (QED) is 0.296. The monoisotopic (exact) mass is 536 g/mol. The zero-order valence-electron chi connectivity index (χ0n) is 23.8. The second-order valence-corrected chi connectivity index (χ2v) is 10.7. The molecule has 1 aliphatic heterocycles. The van der Waals surface area contributed by atoms with Crippen LogP contribution in [0.5, 0.6) is 17.2 Å². The highest BCUT2D eigenvalue weighted by atomic mass is 16.5. The molecule has 2 amide bonds. The van der Waals surface area contributed by atoms with E-state index in [0.29, 0.717) is 31.1 Å². The average Bonchev–Trinajstić information content (AvgIpc) is 2.98. The average molecular weight is 537 g/mol. The summed E-state index contributed by atoms with van der Waals surface area (Å²) in [6.07, 6.45) is 10.6. The van der Waals surface area contributed by atoms with Gasteiger partial charge in [-0.15, -0.1) is 0 Å². The van der Waals surface area contributed by atoms with Gasteiger partial charge in [-0.1, -0.05) is 63.6 Å². The number of carbonyl (C=O) groups excluding carboxylic acids is 2. The number of nitrogens with zero attached hydrogens (tertiary/aromatic N) is 2. The molecule has 1 heterocycles. The first-order chi connectivity index (χ1) is 19.0. The van der Waals surface area contributed by atoms with Gasteiger partial charge in [0.1, 0.15) is 18.3 Å². The van der Waals surface area contributed by atoms with Crippen LogP contribution in [0.4, 0.5) is 0 Å². The van der Waals surface area contributed by atoms with Crippen LogP contribution in [0.2, 0.25) is 0 Å². The molecule has 7 heteroatoms. The van der Waals surface area contributed by atoms with Gasteiger partial charge in [0.25, 0.3) is 5.91 Å². The van der Waals surface area contributed by atoms with E-state index in [1.54, 1.807) is 19.1 Å². The van der Waals surface area contributed by atoms with Crippen LogP contribution in [0.1, 0.15) is 81.9 Å². The second-order valence-electron chi connectivity index (χ2n) is 10.7. The van der Waals surface area contributed by atoms with Gasteiger partial charge in [0.2, 0.25) is 5.91 Å². The Hall–Kier alpha value is -3.22. The van der Waals surface area contributed by atoms with Gasteiger partial charge in [-0.2, -0.15) is 0 Å². The molecule has 1 saturated carbocycles. The van der Waals surface area contributed by atoms with E-state index in [1.807, 2.05) is 47.4 Å². The molecular formula is C32H44N2O5. The number of benzene rings is 2. The van der Waals surface area contributed by atoms with Crippen molar-refractivity contribution in [3.05, 3.63) is 53.6 Å². The predicted octanol–water partition coefficient (Wildman–Crippen LogP) is 5.95. The lowest BCUT2D eigenvalue weighted by molar-refractivity contribution is -0.159. The van der Waals surface area contributed by atoms with Crippen molar-refractivity contribution in [1.82, 2.24) is 9.80 Å². The number of rotatable bonds is 13. The van der Waals surface area contributed by atoms with Crippen LogP contribution in [0.25, 0.3) is 0 Å². The summed E-state index contributed by atoms with van der Waals surface area (Å²) in [5.41, 5.74) is 1.85. The van der Waals surface area contributed by atoms with Gasteiger partial charge in [0.05, 0.1) is 20.8 Å². The fraction of sp³-hybridized carbons (Fsp3) is 0.562. The van der Waals surface area contributed by atoms with Crippen molar-refractivity contribution in [2.45, 2.75) is 83.2 Å². The number of carbonyl (C=O) groups is 2. The molecule has 0 unspecified atom stereocenters. The van der Waals surface area contributed by atoms with Crippen molar-refractivity contribution < 1.29 is 23.8 Å². The molecule has 0 spiro atoms. The summed E-state index contributed by atoms with van der Waals surface area (Å²) in [7, 11) is 3.23. The molecule has 39 heavy (non-hydrogen) atoms. The minimum atomic E-state index is -0.632. The van der Waals surface area contributed by atoms with E-state index in [1.165, 1.54) is 25.7 Å². The van der Waals surface area contributed by atoms with Crippen LogP contribution < -0.4 is 14.2 Å². The molecule has 2 fully saturated rings. The Balaban J connectivity index is 1.52. The van der Waals surface area contributed by atoms with Crippen molar-refractivity contribution in [2.24, 2.45) is 0 Å². The van der Waals surface area contributed by atoms with Gasteiger partial charge in [-0.3, -0.25) is 9.59 Å². The van der Waals surface area contributed by atoms with Gasteiger partial charge >= 0.3 is 0 Å². The maximum Gasteiger partial charge on any atom is 0.250 e. The first-order valence-electron chi connectivity index (χ1n) is 14.6. The number of amides is 2. The Labute approximate surface area is 233 Å². The standard InChI is InChI=1S/C32H44N2O5/c1-4-5-6-10-21-39-27-16-14-25(15-17-27)31-32(36)34(26-11-8-7-9-12-26)23-30(35)33(31)20-19-24-13-18-28(37-2)29(22-24)38-3/h13-18,22,26,31H,4-12,19-21,23H2,1-3H3/t31-/m1/s1. The van der Waals surface area contributed by atoms with Crippen LogP contribution in [0.3, 0.4) is 0 Å². The second kappa shape index (κ2) is 14.2. The summed E-state index contributed by atoms with van der Waals surface area (Å²) < 4.78 is 16.8. The lowest BCUT2D eigenvalue weighted by Gasteiger charge is -2.44. The molecule has 1 atom stereocenters. The number of piperazine rings is 1. The minimum Gasteiger partial charge on any atom is -0.494 e.